The van der Waals surface area contributed by atoms with Crippen molar-refractivity contribution in [1.82, 2.24) is 14.1 Å². The minimum absolute atomic E-state index is 0.166. The molecular formula is C22H20N4O4. The largest absolute Gasteiger partial charge is 0.493 e. The third-order valence-electron chi connectivity index (χ3n) is 4.85. The van der Waals surface area contributed by atoms with Gasteiger partial charge in [0, 0.05) is 24.3 Å². The number of fused-ring (bicyclic) bond motifs is 2. The van der Waals surface area contributed by atoms with Crippen molar-refractivity contribution in [3.8, 4) is 5.75 Å². The quantitative estimate of drug-likeness (QED) is 0.551. The number of aromatic nitrogens is 3. The van der Waals surface area contributed by atoms with E-state index < -0.39 is 23.7 Å². The molecule has 0 aliphatic heterocycles. The van der Waals surface area contributed by atoms with Crippen LogP contribution in [0.5, 0.6) is 5.75 Å². The minimum atomic E-state index is -0.623. The first-order valence-electron chi connectivity index (χ1n) is 9.50. The Morgan fingerprint density at radius 3 is 2.67 bits per heavy atom. The van der Waals surface area contributed by atoms with Gasteiger partial charge in [-0.3, -0.25) is 14.2 Å². The molecule has 152 valence electrons. The number of aryl methyl sites for hydroxylation is 1. The summed E-state index contributed by atoms with van der Waals surface area (Å²) < 4.78 is 7.67. The Kier molecular flexibility index (Phi) is 5.05. The number of anilines is 1. The number of benzene rings is 2. The van der Waals surface area contributed by atoms with E-state index in [9.17, 15) is 14.4 Å². The van der Waals surface area contributed by atoms with Gasteiger partial charge in [0.05, 0.1) is 6.61 Å². The van der Waals surface area contributed by atoms with Crippen LogP contribution in [0.25, 0.3) is 21.8 Å². The zero-order valence-corrected chi connectivity index (χ0v) is 16.6. The summed E-state index contributed by atoms with van der Waals surface area (Å²) in [7, 11) is 1.51. The summed E-state index contributed by atoms with van der Waals surface area (Å²) in [5, 5.41) is 4.81. The minimum Gasteiger partial charge on any atom is -0.493 e. The molecule has 8 nitrogen and oxygen atoms in total. The molecule has 0 aliphatic carbocycles. The molecule has 0 unspecified atom stereocenters. The van der Waals surface area contributed by atoms with Crippen molar-refractivity contribution >= 4 is 33.4 Å². The highest BCUT2D eigenvalue weighted by Gasteiger charge is 2.18. The second kappa shape index (κ2) is 7.82. The van der Waals surface area contributed by atoms with E-state index in [1.54, 1.807) is 19.1 Å². The lowest BCUT2D eigenvalue weighted by atomic mass is 10.1. The Bertz CT molecular complexity index is 1380. The maximum absolute atomic E-state index is 13.0. The number of nitrogens with one attached hydrogen (secondary N) is 1. The molecule has 0 radical (unpaired) electrons. The molecule has 4 aromatic rings. The Morgan fingerprint density at radius 1 is 1.10 bits per heavy atom. The lowest BCUT2D eigenvalue weighted by Crippen LogP contribution is -2.42. The van der Waals surface area contributed by atoms with Gasteiger partial charge in [-0.2, -0.15) is 0 Å². The summed E-state index contributed by atoms with van der Waals surface area (Å²) in [5.74, 6) is -0.155. The summed E-state index contributed by atoms with van der Waals surface area (Å²) in [4.78, 5) is 42.6. The van der Waals surface area contributed by atoms with Crippen molar-refractivity contribution in [2.75, 3.05) is 11.9 Å². The molecule has 2 aromatic carbocycles. The summed E-state index contributed by atoms with van der Waals surface area (Å²) >= 11 is 0. The normalized spacial score (nSPS) is 11.0. The van der Waals surface area contributed by atoms with Gasteiger partial charge in [-0.1, -0.05) is 36.4 Å². The zero-order valence-electron chi connectivity index (χ0n) is 16.6. The Morgan fingerprint density at radius 2 is 1.87 bits per heavy atom. The highest BCUT2D eigenvalue weighted by Crippen LogP contribution is 2.23. The van der Waals surface area contributed by atoms with Crippen LogP contribution >= 0.6 is 0 Å². The van der Waals surface area contributed by atoms with Crippen LogP contribution in [0.1, 0.15) is 6.92 Å². The lowest BCUT2D eigenvalue weighted by Gasteiger charge is -2.13. The fraction of sp³-hybridized carbons (Fsp3) is 0.182. The topological polar surface area (TPSA) is 95.2 Å². The van der Waals surface area contributed by atoms with E-state index in [1.807, 2.05) is 36.4 Å². The molecule has 0 aliphatic rings. The molecule has 0 saturated heterocycles. The molecule has 0 bridgehead atoms. The van der Waals surface area contributed by atoms with Crippen LogP contribution in [0.2, 0.25) is 0 Å². The van der Waals surface area contributed by atoms with Gasteiger partial charge in [0.25, 0.3) is 5.56 Å². The highest BCUT2D eigenvalue weighted by atomic mass is 16.5. The first kappa shape index (κ1) is 19.4. The molecular weight excluding hydrogens is 384 g/mol. The van der Waals surface area contributed by atoms with Gasteiger partial charge in [-0.25, -0.2) is 14.3 Å². The third-order valence-corrected chi connectivity index (χ3v) is 4.85. The van der Waals surface area contributed by atoms with Gasteiger partial charge >= 0.3 is 5.69 Å². The van der Waals surface area contributed by atoms with Crippen molar-refractivity contribution in [3.63, 3.8) is 0 Å². The smallest absolute Gasteiger partial charge is 0.332 e. The second-order valence-electron chi connectivity index (χ2n) is 6.75. The van der Waals surface area contributed by atoms with Gasteiger partial charge in [0.2, 0.25) is 5.91 Å². The van der Waals surface area contributed by atoms with Crippen LogP contribution in [0, 0.1) is 0 Å². The Balaban J connectivity index is 1.75. The summed E-state index contributed by atoms with van der Waals surface area (Å²) in [6.07, 6.45) is 1.48. The fourth-order valence-electron chi connectivity index (χ4n) is 3.47. The van der Waals surface area contributed by atoms with E-state index in [4.69, 9.17) is 4.74 Å². The van der Waals surface area contributed by atoms with E-state index in [2.05, 4.69) is 10.3 Å². The molecule has 0 atom stereocenters. The van der Waals surface area contributed by atoms with Crippen molar-refractivity contribution in [1.29, 1.82) is 0 Å². The van der Waals surface area contributed by atoms with Crippen molar-refractivity contribution in [2.45, 2.75) is 13.5 Å². The highest BCUT2D eigenvalue weighted by molar-refractivity contribution is 6.02. The van der Waals surface area contributed by atoms with Crippen LogP contribution in [0.4, 0.5) is 5.69 Å². The molecule has 4 rings (SSSR count). The molecule has 0 spiro atoms. The summed E-state index contributed by atoms with van der Waals surface area (Å²) in [6.45, 7) is 1.72. The van der Waals surface area contributed by atoms with E-state index in [-0.39, 0.29) is 11.0 Å². The molecule has 1 amide bonds. The maximum atomic E-state index is 13.0. The van der Waals surface area contributed by atoms with Gasteiger partial charge in [-0.05, 0) is 24.4 Å². The third kappa shape index (κ3) is 3.32. The number of ether oxygens (including phenoxy) is 1. The molecule has 2 aromatic heterocycles. The maximum Gasteiger partial charge on any atom is 0.332 e. The summed E-state index contributed by atoms with van der Waals surface area (Å²) in [6, 6.07) is 14.7. The van der Waals surface area contributed by atoms with Crippen LogP contribution in [-0.4, -0.2) is 26.6 Å². The number of pyridine rings is 1. The van der Waals surface area contributed by atoms with Crippen molar-refractivity contribution in [2.24, 2.45) is 7.05 Å². The van der Waals surface area contributed by atoms with Crippen molar-refractivity contribution in [3.05, 3.63) is 75.6 Å². The molecule has 2 heterocycles. The van der Waals surface area contributed by atoms with E-state index >= 15 is 0 Å². The van der Waals surface area contributed by atoms with Gasteiger partial charge in [-0.15, -0.1) is 0 Å². The number of carbonyl (C=O) groups excluding carboxylic acids is 1. The van der Waals surface area contributed by atoms with Gasteiger partial charge < -0.3 is 10.1 Å². The Hall–Kier alpha value is -3.94. The average Bonchev–Trinajstić information content (AvgIpc) is 2.75. The number of hydrogen-bond acceptors (Lipinski definition) is 5. The molecule has 30 heavy (non-hydrogen) atoms. The molecule has 0 fully saturated rings. The number of rotatable bonds is 5. The van der Waals surface area contributed by atoms with Gasteiger partial charge in [0.1, 0.15) is 17.7 Å². The van der Waals surface area contributed by atoms with E-state index in [0.29, 0.717) is 18.0 Å². The fourth-order valence-corrected chi connectivity index (χ4v) is 3.47. The number of nitrogens with zero attached hydrogens (tertiary/aromatic N) is 3. The monoisotopic (exact) mass is 404 g/mol. The number of hydrogen-bond donors (Lipinski definition) is 1. The van der Waals surface area contributed by atoms with E-state index in [1.165, 1.54) is 17.8 Å². The average molecular weight is 404 g/mol. The molecule has 1 N–H and O–H groups in total. The predicted octanol–water partition coefficient (Wildman–Crippen LogP) is 2.29. The van der Waals surface area contributed by atoms with E-state index in [0.717, 1.165) is 15.3 Å². The molecule has 0 saturated carbocycles. The zero-order chi connectivity index (χ0) is 21.3. The predicted molar refractivity (Wildman–Crippen MR) is 115 cm³/mol. The number of carbonyl (C=O) groups is 1. The SMILES string of the molecule is CCOc1ccnc2c1c(=O)n(CC(=O)Nc1cccc3ccccc13)c(=O)n2C. The molecule has 8 heteroatoms. The van der Waals surface area contributed by atoms with Crippen molar-refractivity contribution < 1.29 is 9.53 Å². The Labute approximate surface area is 171 Å². The first-order valence-corrected chi connectivity index (χ1v) is 9.50. The van der Waals surface area contributed by atoms with Crippen LogP contribution in [-0.2, 0) is 18.4 Å². The van der Waals surface area contributed by atoms with Crippen LogP contribution < -0.4 is 21.3 Å². The number of amides is 1. The second-order valence-corrected chi connectivity index (χ2v) is 6.75. The van der Waals surface area contributed by atoms with Crippen LogP contribution in [0.15, 0.2) is 64.3 Å². The first-order chi connectivity index (χ1) is 14.5. The summed E-state index contributed by atoms with van der Waals surface area (Å²) in [5.41, 5.74) is -0.415. The lowest BCUT2D eigenvalue weighted by molar-refractivity contribution is -0.116. The van der Waals surface area contributed by atoms with Gasteiger partial charge in [0.15, 0.2) is 5.65 Å². The van der Waals surface area contributed by atoms with Crippen LogP contribution in [0.3, 0.4) is 0 Å². The standard InChI is InChI=1S/C22H20N4O4/c1-3-30-17-11-12-23-20-19(17)21(28)26(22(29)25(20)2)13-18(27)24-16-10-6-8-14-7-4-5-9-15(14)16/h4-12H,3,13H2,1-2H3,(H,24,27).